The van der Waals surface area contributed by atoms with Crippen molar-refractivity contribution in [3.63, 3.8) is 0 Å². The number of piperidine rings is 1. The summed E-state index contributed by atoms with van der Waals surface area (Å²) in [4.78, 5) is 18.8. The van der Waals surface area contributed by atoms with Gasteiger partial charge in [0.05, 0.1) is 6.33 Å². The van der Waals surface area contributed by atoms with Gasteiger partial charge in [0.2, 0.25) is 5.91 Å². The van der Waals surface area contributed by atoms with E-state index in [1.807, 2.05) is 31.2 Å². The maximum Gasteiger partial charge on any atom is 0.262 e. The Morgan fingerprint density at radius 2 is 1.89 bits per heavy atom. The number of carbonyl (C=O) groups excluding carboxylic acids is 1. The predicted octanol–water partition coefficient (Wildman–Crippen LogP) is 2.28. The van der Waals surface area contributed by atoms with Crippen molar-refractivity contribution >= 4 is 21.6 Å². The molecule has 0 radical (unpaired) electrons. The molecular weight excluding hydrogens is 376 g/mol. The number of rotatable bonds is 4. The zero-order valence-corrected chi connectivity index (χ0v) is 17.1. The molecule has 0 saturated carbocycles. The van der Waals surface area contributed by atoms with Crippen molar-refractivity contribution in [2.75, 3.05) is 18.0 Å². The van der Waals surface area contributed by atoms with E-state index >= 15 is 0 Å². The summed E-state index contributed by atoms with van der Waals surface area (Å²) in [6, 6.07) is 8.00. The van der Waals surface area contributed by atoms with Crippen LogP contribution in [0.25, 0.3) is 0 Å². The number of hydrogen-bond acceptors (Lipinski definition) is 4. The standard InChI is InChI=1S/C20H26N4O3S/c1-15-7-9-23(10-8-15)28(26,27)19-12-22(14-21-19)13-20(25)24-16(2)11-17-5-3-4-6-18(17)24/h3-6,12,14-16H,7-11,13H2,1-2H3/t16-/m0/s1. The van der Waals surface area contributed by atoms with Crippen LogP contribution in [0.2, 0.25) is 0 Å². The van der Waals surface area contributed by atoms with Gasteiger partial charge in [0.25, 0.3) is 10.0 Å². The Morgan fingerprint density at radius 3 is 2.64 bits per heavy atom. The molecule has 4 rings (SSSR count). The Kier molecular flexibility index (Phi) is 5.01. The first-order valence-electron chi connectivity index (χ1n) is 9.78. The highest BCUT2D eigenvalue weighted by molar-refractivity contribution is 7.89. The summed E-state index contributed by atoms with van der Waals surface area (Å²) in [6.07, 6.45) is 5.47. The highest BCUT2D eigenvalue weighted by Gasteiger charge is 2.32. The van der Waals surface area contributed by atoms with E-state index in [4.69, 9.17) is 0 Å². The van der Waals surface area contributed by atoms with Gasteiger partial charge in [0, 0.05) is 31.0 Å². The molecule has 7 nitrogen and oxygen atoms in total. The third-order valence-corrected chi connectivity index (χ3v) is 7.53. The molecule has 28 heavy (non-hydrogen) atoms. The highest BCUT2D eigenvalue weighted by Crippen LogP contribution is 2.32. The molecular formula is C20H26N4O3S. The number of imidazole rings is 1. The number of para-hydroxylation sites is 1. The zero-order chi connectivity index (χ0) is 19.9. The molecule has 2 aromatic rings. The van der Waals surface area contributed by atoms with Gasteiger partial charge >= 0.3 is 0 Å². The number of sulfonamides is 1. The molecule has 3 heterocycles. The quantitative estimate of drug-likeness (QED) is 0.786. The minimum atomic E-state index is -3.60. The molecule has 0 unspecified atom stereocenters. The van der Waals surface area contributed by atoms with Gasteiger partial charge in [-0.25, -0.2) is 13.4 Å². The fourth-order valence-corrected chi connectivity index (χ4v) is 5.50. The topological polar surface area (TPSA) is 75.5 Å². The van der Waals surface area contributed by atoms with Crippen molar-refractivity contribution in [3.05, 3.63) is 42.4 Å². The molecule has 1 aromatic carbocycles. The van der Waals surface area contributed by atoms with Crippen LogP contribution < -0.4 is 4.90 Å². The maximum atomic E-state index is 12.9. The SMILES string of the molecule is CC1CCN(S(=O)(=O)c2cn(CC(=O)N3c4ccccc4C[C@@H]3C)cn2)CC1. The van der Waals surface area contributed by atoms with E-state index in [9.17, 15) is 13.2 Å². The lowest BCUT2D eigenvalue weighted by Gasteiger charge is -2.28. The van der Waals surface area contributed by atoms with Crippen LogP contribution in [0.4, 0.5) is 5.69 Å². The average Bonchev–Trinajstić information content (AvgIpc) is 3.25. The summed E-state index contributed by atoms with van der Waals surface area (Å²) in [5.74, 6) is 0.484. The first kappa shape index (κ1) is 19.1. The Hall–Kier alpha value is -2.19. The molecule has 2 aliphatic heterocycles. The second-order valence-corrected chi connectivity index (χ2v) is 9.80. The number of anilines is 1. The van der Waals surface area contributed by atoms with Crippen LogP contribution in [-0.4, -0.2) is 47.3 Å². The Bertz CT molecular complexity index is 977. The summed E-state index contributed by atoms with van der Waals surface area (Å²) < 4.78 is 28.7. The van der Waals surface area contributed by atoms with Crippen molar-refractivity contribution < 1.29 is 13.2 Å². The van der Waals surface area contributed by atoms with Crippen molar-refractivity contribution in [2.45, 2.75) is 50.7 Å². The molecule has 2 aliphatic rings. The number of fused-ring (bicyclic) bond motifs is 1. The Balaban J connectivity index is 1.49. The summed E-state index contributed by atoms with van der Waals surface area (Å²) in [5, 5.41) is 0.0183. The van der Waals surface area contributed by atoms with Crippen LogP contribution in [0.1, 0.15) is 32.3 Å². The lowest BCUT2D eigenvalue weighted by Crippen LogP contribution is -2.38. The lowest BCUT2D eigenvalue weighted by molar-refractivity contribution is -0.119. The number of hydrogen-bond donors (Lipinski definition) is 0. The monoisotopic (exact) mass is 402 g/mol. The van der Waals surface area contributed by atoms with Crippen LogP contribution >= 0.6 is 0 Å². The molecule has 8 heteroatoms. The Labute approximate surface area is 166 Å². The van der Waals surface area contributed by atoms with E-state index in [0.717, 1.165) is 30.5 Å². The van der Waals surface area contributed by atoms with Gasteiger partial charge in [0.15, 0.2) is 5.03 Å². The second-order valence-electron chi connectivity index (χ2n) is 7.92. The number of aromatic nitrogens is 2. The number of carbonyl (C=O) groups is 1. The van der Waals surface area contributed by atoms with E-state index in [-0.39, 0.29) is 23.5 Å². The summed E-state index contributed by atoms with van der Waals surface area (Å²) in [7, 11) is -3.60. The largest absolute Gasteiger partial charge is 0.327 e. The highest BCUT2D eigenvalue weighted by atomic mass is 32.2. The fourth-order valence-electron chi connectivity index (χ4n) is 4.09. The maximum absolute atomic E-state index is 12.9. The van der Waals surface area contributed by atoms with Gasteiger partial charge < -0.3 is 9.47 Å². The third-order valence-electron chi connectivity index (χ3n) is 5.75. The van der Waals surface area contributed by atoms with Crippen molar-refractivity contribution in [3.8, 4) is 0 Å². The molecule has 0 N–H and O–H groups in total. The van der Waals surface area contributed by atoms with Crippen LogP contribution in [0.5, 0.6) is 0 Å². The number of amides is 1. The Morgan fingerprint density at radius 1 is 1.18 bits per heavy atom. The van der Waals surface area contributed by atoms with Crippen molar-refractivity contribution in [1.29, 1.82) is 0 Å². The lowest BCUT2D eigenvalue weighted by atomic mass is 10.0. The van der Waals surface area contributed by atoms with Gasteiger partial charge in [-0.3, -0.25) is 4.79 Å². The van der Waals surface area contributed by atoms with E-state index in [0.29, 0.717) is 19.0 Å². The van der Waals surface area contributed by atoms with Crippen molar-refractivity contribution in [2.24, 2.45) is 5.92 Å². The smallest absolute Gasteiger partial charge is 0.262 e. The molecule has 0 bridgehead atoms. The minimum Gasteiger partial charge on any atom is -0.327 e. The molecule has 150 valence electrons. The van der Waals surface area contributed by atoms with Crippen LogP contribution in [0.3, 0.4) is 0 Å². The summed E-state index contributed by atoms with van der Waals surface area (Å²) in [6.45, 7) is 5.29. The van der Waals surface area contributed by atoms with Gasteiger partial charge in [-0.15, -0.1) is 0 Å². The summed E-state index contributed by atoms with van der Waals surface area (Å²) >= 11 is 0. The fraction of sp³-hybridized carbons (Fsp3) is 0.500. The van der Waals surface area contributed by atoms with Crippen LogP contribution in [0.15, 0.2) is 41.8 Å². The average molecular weight is 403 g/mol. The predicted molar refractivity (Wildman–Crippen MR) is 106 cm³/mol. The van der Waals surface area contributed by atoms with Gasteiger partial charge in [0.1, 0.15) is 6.54 Å². The van der Waals surface area contributed by atoms with Crippen molar-refractivity contribution in [1.82, 2.24) is 13.9 Å². The number of benzene rings is 1. The van der Waals surface area contributed by atoms with E-state index < -0.39 is 10.0 Å². The summed E-state index contributed by atoms with van der Waals surface area (Å²) in [5.41, 5.74) is 2.10. The zero-order valence-electron chi connectivity index (χ0n) is 16.3. The van der Waals surface area contributed by atoms with E-state index in [1.54, 1.807) is 9.47 Å². The first-order chi connectivity index (χ1) is 13.4. The van der Waals surface area contributed by atoms with Crippen LogP contribution in [0, 0.1) is 5.92 Å². The van der Waals surface area contributed by atoms with Crippen LogP contribution in [-0.2, 0) is 27.8 Å². The molecule has 1 fully saturated rings. The second kappa shape index (κ2) is 7.33. The minimum absolute atomic E-state index is 0.0183. The molecule has 1 aromatic heterocycles. The first-order valence-corrected chi connectivity index (χ1v) is 11.2. The van der Waals surface area contributed by atoms with Gasteiger partial charge in [-0.1, -0.05) is 25.1 Å². The van der Waals surface area contributed by atoms with Gasteiger partial charge in [-0.05, 0) is 43.7 Å². The van der Waals surface area contributed by atoms with E-state index in [1.165, 1.54) is 16.8 Å². The molecule has 0 aliphatic carbocycles. The normalized spacial score (nSPS) is 21.1. The van der Waals surface area contributed by atoms with Gasteiger partial charge in [-0.2, -0.15) is 4.31 Å². The molecule has 1 amide bonds. The third kappa shape index (κ3) is 3.46. The molecule has 1 saturated heterocycles. The van der Waals surface area contributed by atoms with E-state index in [2.05, 4.69) is 11.9 Å². The molecule has 1 atom stereocenters. The number of nitrogens with zero attached hydrogens (tertiary/aromatic N) is 4. The molecule has 0 spiro atoms.